The van der Waals surface area contributed by atoms with Gasteiger partial charge in [0, 0.05) is 5.33 Å². The molecular weight excluding hydrogens is 319 g/mol. The van der Waals surface area contributed by atoms with Crippen LogP contribution in [0.15, 0.2) is 15.8 Å². The molecule has 1 saturated heterocycles. The second kappa shape index (κ2) is 5.20. The molecule has 3 atom stereocenters. The van der Waals surface area contributed by atoms with Gasteiger partial charge in [-0.3, -0.25) is 14.3 Å². The number of alkyl halides is 1. The van der Waals surface area contributed by atoms with Crippen LogP contribution in [-0.2, 0) is 4.74 Å². The standard InChI is InChI=1S/C12H16BrFN2O3/c1-3-12(6-13)7(2)4-9(19-12)16-5-8(14)10(17)15-11(16)18/h5,7,9H,3-4,6H2,1-2H3,(H,15,17,18)/t7-,9+,12-/m0/s1. The van der Waals surface area contributed by atoms with Gasteiger partial charge in [-0.1, -0.05) is 29.8 Å². The van der Waals surface area contributed by atoms with Crippen LogP contribution in [0.1, 0.15) is 32.9 Å². The molecule has 0 aliphatic carbocycles. The van der Waals surface area contributed by atoms with Crippen LogP contribution in [0.25, 0.3) is 0 Å². The first-order valence-corrected chi connectivity index (χ1v) is 7.30. The summed E-state index contributed by atoms with van der Waals surface area (Å²) in [6.45, 7) is 4.05. The Balaban J connectivity index is 2.38. The Kier molecular flexibility index (Phi) is 3.96. The number of aromatic amines is 1. The maximum Gasteiger partial charge on any atom is 0.330 e. The molecule has 0 spiro atoms. The lowest BCUT2D eigenvalue weighted by Gasteiger charge is -2.29. The molecule has 0 aromatic carbocycles. The van der Waals surface area contributed by atoms with Crippen LogP contribution in [0.2, 0.25) is 0 Å². The minimum Gasteiger partial charge on any atom is -0.350 e. The van der Waals surface area contributed by atoms with Gasteiger partial charge in [0.25, 0.3) is 5.56 Å². The normalized spacial score (nSPS) is 30.7. The molecule has 0 unspecified atom stereocenters. The average molecular weight is 335 g/mol. The molecule has 1 aliphatic rings. The maximum absolute atomic E-state index is 13.3. The Hall–Kier alpha value is -0.950. The van der Waals surface area contributed by atoms with Crippen molar-refractivity contribution in [2.45, 2.75) is 38.5 Å². The Morgan fingerprint density at radius 3 is 2.84 bits per heavy atom. The smallest absolute Gasteiger partial charge is 0.330 e. The first-order chi connectivity index (χ1) is 8.93. The number of hydrogen-bond donors (Lipinski definition) is 1. The van der Waals surface area contributed by atoms with Crippen LogP contribution in [-0.4, -0.2) is 20.5 Å². The van der Waals surface area contributed by atoms with Crippen molar-refractivity contribution in [1.82, 2.24) is 9.55 Å². The lowest BCUT2D eigenvalue weighted by atomic mass is 9.88. The first kappa shape index (κ1) is 14.5. The Morgan fingerprint density at radius 1 is 1.63 bits per heavy atom. The van der Waals surface area contributed by atoms with Crippen LogP contribution in [0, 0.1) is 11.7 Å². The monoisotopic (exact) mass is 334 g/mol. The molecule has 1 aromatic heterocycles. The molecule has 1 fully saturated rings. The van der Waals surface area contributed by atoms with Crippen molar-refractivity contribution in [3.05, 3.63) is 32.9 Å². The molecule has 1 N–H and O–H groups in total. The fourth-order valence-corrected chi connectivity index (χ4v) is 3.57. The zero-order valence-corrected chi connectivity index (χ0v) is 12.4. The summed E-state index contributed by atoms with van der Waals surface area (Å²) in [7, 11) is 0. The van der Waals surface area contributed by atoms with Gasteiger partial charge in [-0.05, 0) is 18.8 Å². The highest BCUT2D eigenvalue weighted by Crippen LogP contribution is 2.43. The number of aromatic nitrogens is 2. The van der Waals surface area contributed by atoms with E-state index in [-0.39, 0.29) is 11.5 Å². The SMILES string of the molecule is CC[C@@]1(CBr)O[C@@H](n2cc(F)c(=O)[nH]c2=O)C[C@@H]1C. The largest absolute Gasteiger partial charge is 0.350 e. The molecule has 19 heavy (non-hydrogen) atoms. The number of hydrogen-bond acceptors (Lipinski definition) is 3. The molecule has 106 valence electrons. The van der Waals surface area contributed by atoms with Gasteiger partial charge in [-0.2, -0.15) is 4.39 Å². The summed E-state index contributed by atoms with van der Waals surface area (Å²) in [6, 6.07) is 0. The molecule has 5 nitrogen and oxygen atoms in total. The first-order valence-electron chi connectivity index (χ1n) is 6.18. The highest BCUT2D eigenvalue weighted by molar-refractivity contribution is 9.09. The van der Waals surface area contributed by atoms with Crippen molar-refractivity contribution in [2.24, 2.45) is 5.92 Å². The fourth-order valence-electron chi connectivity index (χ4n) is 2.49. The summed E-state index contributed by atoms with van der Waals surface area (Å²) < 4.78 is 20.4. The number of halogens is 2. The molecule has 1 aliphatic heterocycles. The highest BCUT2D eigenvalue weighted by atomic mass is 79.9. The molecule has 0 radical (unpaired) electrons. The fraction of sp³-hybridized carbons (Fsp3) is 0.667. The summed E-state index contributed by atoms with van der Waals surface area (Å²) in [6.07, 6.45) is 1.76. The molecular formula is C12H16BrFN2O3. The van der Waals surface area contributed by atoms with Crippen LogP contribution in [0.5, 0.6) is 0 Å². The van der Waals surface area contributed by atoms with Crippen molar-refractivity contribution in [1.29, 1.82) is 0 Å². The van der Waals surface area contributed by atoms with E-state index in [1.54, 1.807) is 0 Å². The van der Waals surface area contributed by atoms with E-state index >= 15 is 0 Å². The number of rotatable bonds is 3. The molecule has 0 bridgehead atoms. The second-order valence-electron chi connectivity index (χ2n) is 4.90. The van der Waals surface area contributed by atoms with E-state index in [0.29, 0.717) is 11.8 Å². The summed E-state index contributed by atoms with van der Waals surface area (Å²) in [5, 5.41) is 0.648. The van der Waals surface area contributed by atoms with Crippen molar-refractivity contribution < 1.29 is 9.13 Å². The van der Waals surface area contributed by atoms with Crippen molar-refractivity contribution in [2.75, 3.05) is 5.33 Å². The summed E-state index contributed by atoms with van der Waals surface area (Å²) in [4.78, 5) is 24.7. The third kappa shape index (κ3) is 2.41. The number of nitrogens with zero attached hydrogens (tertiary/aromatic N) is 1. The molecule has 2 rings (SSSR count). The van der Waals surface area contributed by atoms with E-state index < -0.39 is 23.3 Å². The zero-order valence-electron chi connectivity index (χ0n) is 10.8. The van der Waals surface area contributed by atoms with Gasteiger partial charge in [0.05, 0.1) is 11.8 Å². The van der Waals surface area contributed by atoms with Gasteiger partial charge < -0.3 is 4.74 Å². The number of ether oxygens (including phenoxy) is 1. The second-order valence-corrected chi connectivity index (χ2v) is 5.47. The van der Waals surface area contributed by atoms with E-state index in [1.807, 2.05) is 18.8 Å². The topological polar surface area (TPSA) is 64.1 Å². The van der Waals surface area contributed by atoms with Crippen LogP contribution >= 0.6 is 15.9 Å². The van der Waals surface area contributed by atoms with E-state index in [2.05, 4.69) is 15.9 Å². The van der Waals surface area contributed by atoms with Crippen molar-refractivity contribution >= 4 is 15.9 Å². The average Bonchev–Trinajstić information content (AvgIpc) is 2.71. The Morgan fingerprint density at radius 2 is 2.32 bits per heavy atom. The lowest BCUT2D eigenvalue weighted by Crippen LogP contribution is -2.37. The highest BCUT2D eigenvalue weighted by Gasteiger charge is 2.45. The molecule has 2 heterocycles. The predicted octanol–water partition coefficient (Wildman–Crippen LogP) is 1.77. The molecule has 1 aromatic rings. The summed E-state index contributed by atoms with van der Waals surface area (Å²) in [5.41, 5.74) is -2.02. The Bertz CT molecular complexity index is 579. The third-order valence-corrected chi connectivity index (χ3v) is 4.83. The molecule has 0 saturated carbocycles. The van der Waals surface area contributed by atoms with Crippen LogP contribution in [0.4, 0.5) is 4.39 Å². The molecule has 0 amide bonds. The van der Waals surface area contributed by atoms with E-state index in [9.17, 15) is 14.0 Å². The number of nitrogens with one attached hydrogen (secondary N) is 1. The molecule has 7 heteroatoms. The van der Waals surface area contributed by atoms with Gasteiger partial charge in [-0.25, -0.2) is 4.79 Å². The minimum absolute atomic E-state index is 0.226. The van der Waals surface area contributed by atoms with Crippen LogP contribution in [0.3, 0.4) is 0 Å². The number of H-pyrrole nitrogens is 1. The predicted molar refractivity (Wildman–Crippen MR) is 72.0 cm³/mol. The summed E-state index contributed by atoms with van der Waals surface area (Å²) in [5.74, 6) is -0.757. The summed E-state index contributed by atoms with van der Waals surface area (Å²) >= 11 is 3.43. The lowest BCUT2D eigenvalue weighted by molar-refractivity contribution is -0.0714. The van der Waals surface area contributed by atoms with Gasteiger partial charge in [0.15, 0.2) is 0 Å². The van der Waals surface area contributed by atoms with Gasteiger partial charge in [-0.15, -0.1) is 0 Å². The van der Waals surface area contributed by atoms with Gasteiger partial charge in [0.1, 0.15) is 6.23 Å². The third-order valence-electron chi connectivity index (χ3n) is 3.88. The Labute approximate surface area is 117 Å². The van der Waals surface area contributed by atoms with Crippen molar-refractivity contribution in [3.63, 3.8) is 0 Å². The maximum atomic E-state index is 13.3. The van der Waals surface area contributed by atoms with Gasteiger partial charge in [0.2, 0.25) is 5.82 Å². The van der Waals surface area contributed by atoms with E-state index in [0.717, 1.165) is 17.2 Å². The zero-order chi connectivity index (χ0) is 14.2. The minimum atomic E-state index is -1.01. The van der Waals surface area contributed by atoms with E-state index in [1.165, 1.54) is 0 Å². The van der Waals surface area contributed by atoms with Crippen molar-refractivity contribution in [3.8, 4) is 0 Å². The van der Waals surface area contributed by atoms with Crippen LogP contribution < -0.4 is 11.2 Å². The quantitative estimate of drug-likeness (QED) is 0.857. The van der Waals surface area contributed by atoms with E-state index in [4.69, 9.17) is 4.74 Å². The van der Waals surface area contributed by atoms with Gasteiger partial charge >= 0.3 is 5.69 Å².